The first kappa shape index (κ1) is 19.9. The minimum atomic E-state index is -0.736. The van der Waals surface area contributed by atoms with E-state index in [2.05, 4.69) is 12.2 Å². The molecule has 5 heteroatoms. The number of nitrogens with one attached hydrogen (secondary N) is 1. The zero-order chi connectivity index (χ0) is 18.8. The van der Waals surface area contributed by atoms with Gasteiger partial charge in [0.25, 0.3) is 11.8 Å². The largest absolute Gasteiger partial charge is 0.350 e. The van der Waals surface area contributed by atoms with Crippen LogP contribution in [0.3, 0.4) is 0 Å². The molecule has 26 heavy (non-hydrogen) atoms. The van der Waals surface area contributed by atoms with Gasteiger partial charge in [-0.25, -0.2) is 0 Å². The Balaban J connectivity index is 1.92. The average molecular weight is 356 g/mol. The molecule has 1 aromatic carbocycles. The zero-order valence-corrected chi connectivity index (χ0v) is 15.4. The average Bonchev–Trinajstić information content (AvgIpc) is 2.98. The minimum Gasteiger partial charge on any atom is -0.350 e. The van der Waals surface area contributed by atoms with Crippen LogP contribution in [0.1, 0.15) is 57.4 Å². The van der Waals surface area contributed by atoms with E-state index in [-0.39, 0.29) is 5.91 Å². The van der Waals surface area contributed by atoms with Crippen LogP contribution in [0.15, 0.2) is 42.5 Å². The topological polar surface area (TPSA) is 66.5 Å². The van der Waals surface area contributed by atoms with Gasteiger partial charge in [0.15, 0.2) is 0 Å². The van der Waals surface area contributed by atoms with Gasteiger partial charge >= 0.3 is 0 Å². The van der Waals surface area contributed by atoms with E-state index in [1.54, 1.807) is 0 Å². The Morgan fingerprint density at radius 2 is 1.58 bits per heavy atom. The molecule has 3 amide bonds. The Morgan fingerprint density at radius 1 is 0.962 bits per heavy atom. The van der Waals surface area contributed by atoms with Gasteiger partial charge in [0.2, 0.25) is 5.91 Å². The van der Waals surface area contributed by atoms with Gasteiger partial charge in [-0.3, -0.25) is 19.3 Å². The molecule has 0 aliphatic carbocycles. The first-order chi connectivity index (χ1) is 12.6. The number of nitrogens with zero attached hydrogens (tertiary/aromatic N) is 1. The van der Waals surface area contributed by atoms with Crippen LogP contribution < -0.4 is 5.32 Å². The van der Waals surface area contributed by atoms with Crippen molar-refractivity contribution in [3.63, 3.8) is 0 Å². The van der Waals surface area contributed by atoms with E-state index >= 15 is 0 Å². The van der Waals surface area contributed by atoms with Gasteiger partial charge in [0, 0.05) is 18.7 Å². The maximum absolute atomic E-state index is 12.7. The first-order valence-electron chi connectivity index (χ1n) is 9.50. The van der Waals surface area contributed by atoms with Gasteiger partial charge in [-0.15, -0.1) is 0 Å². The van der Waals surface area contributed by atoms with Crippen LogP contribution in [0.2, 0.25) is 0 Å². The van der Waals surface area contributed by atoms with Crippen molar-refractivity contribution in [2.75, 3.05) is 0 Å². The lowest BCUT2D eigenvalue weighted by atomic mass is 10.0. The summed E-state index contributed by atoms with van der Waals surface area (Å²) < 4.78 is 0. The number of carbonyl (C=O) groups is 3. The number of hydrogen-bond donors (Lipinski definition) is 1. The molecular formula is C21H28N2O3. The van der Waals surface area contributed by atoms with Crippen molar-refractivity contribution in [3.05, 3.63) is 48.0 Å². The number of hydrogen-bond acceptors (Lipinski definition) is 3. The normalized spacial score (nSPS) is 14.7. The second-order valence-electron chi connectivity index (χ2n) is 6.66. The molecule has 5 nitrogen and oxygen atoms in total. The predicted molar refractivity (Wildman–Crippen MR) is 101 cm³/mol. The summed E-state index contributed by atoms with van der Waals surface area (Å²) in [5, 5.41) is 2.87. The Bertz CT molecular complexity index is 622. The van der Waals surface area contributed by atoms with E-state index in [9.17, 15) is 14.4 Å². The van der Waals surface area contributed by atoms with Gasteiger partial charge in [-0.2, -0.15) is 0 Å². The molecule has 0 saturated carbocycles. The molecular weight excluding hydrogens is 328 g/mol. The second-order valence-corrected chi connectivity index (χ2v) is 6.66. The van der Waals surface area contributed by atoms with E-state index in [4.69, 9.17) is 0 Å². The molecule has 0 bridgehead atoms. The lowest BCUT2D eigenvalue weighted by Crippen LogP contribution is -2.49. The summed E-state index contributed by atoms with van der Waals surface area (Å²) in [4.78, 5) is 37.8. The van der Waals surface area contributed by atoms with Crippen LogP contribution in [0.5, 0.6) is 0 Å². The molecule has 1 aliphatic rings. The molecule has 1 aliphatic heterocycles. The number of unbranched alkanes of at least 4 members (excludes halogenated alkanes) is 5. The molecule has 0 spiro atoms. The minimum absolute atomic E-state index is 0.271. The summed E-state index contributed by atoms with van der Waals surface area (Å²) in [7, 11) is 0. The summed E-state index contributed by atoms with van der Waals surface area (Å²) in [6, 6.07) is 8.85. The number of benzene rings is 1. The summed E-state index contributed by atoms with van der Waals surface area (Å²) in [6.45, 7) is 2.56. The monoisotopic (exact) mass is 356 g/mol. The summed E-state index contributed by atoms with van der Waals surface area (Å²) in [5.74, 6) is -1.07. The van der Waals surface area contributed by atoms with Gasteiger partial charge < -0.3 is 5.32 Å². The van der Waals surface area contributed by atoms with Crippen LogP contribution in [-0.2, 0) is 20.9 Å². The number of amides is 3. The molecule has 0 aromatic heterocycles. The highest BCUT2D eigenvalue weighted by atomic mass is 16.2. The Morgan fingerprint density at radius 3 is 2.23 bits per heavy atom. The van der Waals surface area contributed by atoms with Crippen LogP contribution in [0.25, 0.3) is 0 Å². The molecule has 0 radical (unpaired) electrons. The Labute approximate surface area is 155 Å². The smallest absolute Gasteiger partial charge is 0.254 e. The molecule has 1 aromatic rings. The lowest BCUT2D eigenvalue weighted by molar-refractivity contribution is -0.145. The highest BCUT2D eigenvalue weighted by molar-refractivity contribution is 6.15. The molecule has 1 unspecified atom stereocenters. The molecule has 0 saturated heterocycles. The SMILES string of the molecule is CCCCCCCCC(C(=O)NCc1ccccc1)N1C(=O)C=CC1=O. The maximum Gasteiger partial charge on any atom is 0.254 e. The van der Waals surface area contributed by atoms with Crippen molar-refractivity contribution in [3.8, 4) is 0 Å². The lowest BCUT2D eigenvalue weighted by Gasteiger charge is -2.25. The summed E-state index contributed by atoms with van der Waals surface area (Å²) >= 11 is 0. The van der Waals surface area contributed by atoms with Gasteiger partial charge in [-0.1, -0.05) is 75.8 Å². The van der Waals surface area contributed by atoms with Crippen molar-refractivity contribution < 1.29 is 14.4 Å². The van der Waals surface area contributed by atoms with Gasteiger partial charge in [0.1, 0.15) is 6.04 Å². The molecule has 2 rings (SSSR count). The third-order valence-corrected chi connectivity index (χ3v) is 4.60. The van der Waals surface area contributed by atoms with Crippen LogP contribution in [0.4, 0.5) is 0 Å². The Hall–Kier alpha value is -2.43. The molecule has 1 N–H and O–H groups in total. The molecule has 140 valence electrons. The van der Waals surface area contributed by atoms with Crippen molar-refractivity contribution in [1.29, 1.82) is 0 Å². The van der Waals surface area contributed by atoms with E-state index in [1.165, 1.54) is 31.4 Å². The van der Waals surface area contributed by atoms with E-state index < -0.39 is 17.9 Å². The van der Waals surface area contributed by atoms with Crippen LogP contribution >= 0.6 is 0 Å². The van der Waals surface area contributed by atoms with E-state index in [0.29, 0.717) is 13.0 Å². The van der Waals surface area contributed by atoms with Gasteiger partial charge in [0.05, 0.1) is 0 Å². The van der Waals surface area contributed by atoms with Crippen molar-refractivity contribution in [2.45, 2.75) is 64.5 Å². The van der Waals surface area contributed by atoms with Crippen LogP contribution in [0, 0.1) is 0 Å². The highest BCUT2D eigenvalue weighted by Crippen LogP contribution is 2.17. The number of carbonyl (C=O) groups excluding carboxylic acids is 3. The van der Waals surface area contributed by atoms with Crippen molar-refractivity contribution in [1.82, 2.24) is 10.2 Å². The molecule has 0 fully saturated rings. The van der Waals surface area contributed by atoms with Crippen molar-refractivity contribution in [2.24, 2.45) is 0 Å². The molecule has 1 atom stereocenters. The van der Waals surface area contributed by atoms with E-state index in [0.717, 1.165) is 29.7 Å². The van der Waals surface area contributed by atoms with Crippen LogP contribution in [-0.4, -0.2) is 28.7 Å². The summed E-state index contributed by atoms with van der Waals surface area (Å²) in [6.07, 6.45) is 9.52. The second kappa shape index (κ2) is 10.5. The van der Waals surface area contributed by atoms with E-state index in [1.807, 2.05) is 30.3 Å². The fourth-order valence-corrected chi connectivity index (χ4v) is 3.12. The Kier molecular flexibility index (Phi) is 8.06. The third-order valence-electron chi connectivity index (χ3n) is 4.60. The van der Waals surface area contributed by atoms with Gasteiger partial charge in [-0.05, 0) is 12.0 Å². The third kappa shape index (κ3) is 5.83. The van der Waals surface area contributed by atoms with Crippen molar-refractivity contribution >= 4 is 17.7 Å². The predicted octanol–water partition coefficient (Wildman–Crippen LogP) is 3.35. The first-order valence-corrected chi connectivity index (χ1v) is 9.50. The zero-order valence-electron chi connectivity index (χ0n) is 15.4. The fourth-order valence-electron chi connectivity index (χ4n) is 3.12. The number of imide groups is 1. The number of rotatable bonds is 11. The molecule has 1 heterocycles. The highest BCUT2D eigenvalue weighted by Gasteiger charge is 2.35. The summed E-state index contributed by atoms with van der Waals surface area (Å²) in [5.41, 5.74) is 0.983. The fraction of sp³-hybridized carbons (Fsp3) is 0.476. The maximum atomic E-state index is 12.7. The quantitative estimate of drug-likeness (QED) is 0.488. The standard InChI is InChI=1S/C21H28N2O3/c1-2-3-4-5-6-10-13-18(23-19(24)14-15-20(23)25)21(26)22-16-17-11-8-7-9-12-17/h7-9,11-12,14-15,18H,2-6,10,13,16H2,1H3,(H,22,26).